The van der Waals surface area contributed by atoms with Gasteiger partial charge in [-0.05, 0) is 23.5 Å². The highest BCUT2D eigenvalue weighted by atomic mass is 19.1. The number of aliphatic hydroxyl groups excluding tert-OH is 1. The molecular formula is C15H21F2NO2. The maximum atomic E-state index is 13.6. The molecule has 0 spiro atoms. The van der Waals surface area contributed by atoms with Crippen molar-refractivity contribution >= 4 is 5.91 Å². The Balaban J connectivity index is 2.65. The molecule has 1 aromatic rings. The molecule has 0 heterocycles. The number of nitrogens with one attached hydrogen (secondary N) is 1. The molecule has 0 bridgehead atoms. The molecule has 112 valence electrons. The Morgan fingerprint density at radius 2 is 1.95 bits per heavy atom. The van der Waals surface area contributed by atoms with Crippen molar-refractivity contribution < 1.29 is 18.7 Å². The zero-order chi connectivity index (χ0) is 15.3. The van der Waals surface area contributed by atoms with Crippen molar-refractivity contribution in [2.24, 2.45) is 5.92 Å². The number of halogens is 2. The van der Waals surface area contributed by atoms with Crippen LogP contribution in [0.3, 0.4) is 0 Å². The lowest BCUT2D eigenvalue weighted by molar-refractivity contribution is -0.122. The Labute approximate surface area is 118 Å². The third kappa shape index (κ3) is 4.56. The van der Waals surface area contributed by atoms with E-state index in [0.717, 1.165) is 6.07 Å². The van der Waals surface area contributed by atoms with Crippen molar-refractivity contribution in [1.29, 1.82) is 0 Å². The highest BCUT2D eigenvalue weighted by molar-refractivity contribution is 5.77. The average molecular weight is 285 g/mol. The first-order valence-electron chi connectivity index (χ1n) is 6.70. The quantitative estimate of drug-likeness (QED) is 0.844. The minimum atomic E-state index is -0.645. The summed E-state index contributed by atoms with van der Waals surface area (Å²) in [5, 5.41) is 11.9. The molecule has 0 saturated carbocycles. The second-order valence-electron chi connectivity index (χ2n) is 5.37. The predicted octanol–water partition coefficient (Wildman–Crippen LogP) is 2.59. The highest BCUT2D eigenvalue weighted by Crippen LogP contribution is 2.22. The van der Waals surface area contributed by atoms with Gasteiger partial charge in [-0.1, -0.05) is 26.8 Å². The molecule has 1 amide bonds. The van der Waals surface area contributed by atoms with Crippen LogP contribution >= 0.6 is 0 Å². The largest absolute Gasteiger partial charge is 0.394 e. The zero-order valence-corrected chi connectivity index (χ0v) is 12.0. The van der Waals surface area contributed by atoms with Crippen LogP contribution in [-0.2, 0) is 4.79 Å². The van der Waals surface area contributed by atoms with Gasteiger partial charge in [-0.25, -0.2) is 8.78 Å². The third-order valence-corrected chi connectivity index (χ3v) is 3.33. The smallest absolute Gasteiger partial charge is 0.220 e. The summed E-state index contributed by atoms with van der Waals surface area (Å²) in [4.78, 5) is 11.9. The topological polar surface area (TPSA) is 49.3 Å². The van der Waals surface area contributed by atoms with E-state index in [2.05, 4.69) is 5.32 Å². The maximum Gasteiger partial charge on any atom is 0.220 e. The van der Waals surface area contributed by atoms with Crippen LogP contribution in [0, 0.1) is 17.6 Å². The molecule has 20 heavy (non-hydrogen) atoms. The lowest BCUT2D eigenvalue weighted by atomic mass is 9.96. The van der Waals surface area contributed by atoms with Crippen LogP contribution in [-0.4, -0.2) is 23.7 Å². The van der Waals surface area contributed by atoms with Gasteiger partial charge in [0.05, 0.1) is 12.6 Å². The molecule has 1 rings (SSSR count). The number of benzene rings is 1. The van der Waals surface area contributed by atoms with Gasteiger partial charge < -0.3 is 10.4 Å². The first-order chi connectivity index (χ1) is 9.35. The van der Waals surface area contributed by atoms with Crippen molar-refractivity contribution in [3.63, 3.8) is 0 Å². The average Bonchev–Trinajstić information content (AvgIpc) is 2.35. The number of carbonyl (C=O) groups excluding carboxylic acids is 1. The van der Waals surface area contributed by atoms with E-state index in [4.69, 9.17) is 5.11 Å². The zero-order valence-electron chi connectivity index (χ0n) is 12.0. The molecular weight excluding hydrogens is 264 g/mol. The second-order valence-corrected chi connectivity index (χ2v) is 5.37. The van der Waals surface area contributed by atoms with E-state index in [1.54, 1.807) is 6.92 Å². The monoisotopic (exact) mass is 285 g/mol. The fourth-order valence-corrected chi connectivity index (χ4v) is 1.98. The number of rotatable bonds is 6. The molecule has 0 radical (unpaired) electrons. The van der Waals surface area contributed by atoms with E-state index in [1.807, 2.05) is 13.8 Å². The van der Waals surface area contributed by atoms with E-state index in [1.165, 1.54) is 12.1 Å². The van der Waals surface area contributed by atoms with E-state index in [-0.39, 0.29) is 36.8 Å². The minimum Gasteiger partial charge on any atom is -0.394 e. The molecule has 0 unspecified atom stereocenters. The van der Waals surface area contributed by atoms with Crippen LogP contribution in [0.1, 0.15) is 38.7 Å². The van der Waals surface area contributed by atoms with Crippen LogP contribution in [0.25, 0.3) is 0 Å². The molecule has 0 fully saturated rings. The molecule has 2 atom stereocenters. The summed E-state index contributed by atoms with van der Waals surface area (Å²) in [5.41, 5.74) is 0.312. The molecule has 0 saturated heterocycles. The molecule has 5 heteroatoms. The van der Waals surface area contributed by atoms with E-state index in [9.17, 15) is 13.6 Å². The first-order valence-corrected chi connectivity index (χ1v) is 6.70. The van der Waals surface area contributed by atoms with Gasteiger partial charge in [0.15, 0.2) is 0 Å². The standard InChI is InChI=1S/C15H21F2NO2/c1-9(2)14(8-19)18-15(20)6-10(3)12-5-4-11(16)7-13(12)17/h4-5,7,9-10,14,19H,6,8H2,1-3H3,(H,18,20)/t10-,14+/m0/s1. The molecule has 0 aromatic heterocycles. The fourth-order valence-electron chi connectivity index (χ4n) is 1.98. The van der Waals surface area contributed by atoms with Crippen molar-refractivity contribution in [3.05, 3.63) is 35.4 Å². The van der Waals surface area contributed by atoms with Crippen LogP contribution in [0.15, 0.2) is 18.2 Å². The Kier molecular flexibility index (Phi) is 6.07. The lowest BCUT2D eigenvalue weighted by Gasteiger charge is -2.21. The Bertz CT molecular complexity index is 463. The van der Waals surface area contributed by atoms with Crippen LogP contribution in [0.2, 0.25) is 0 Å². The number of amides is 1. The van der Waals surface area contributed by atoms with Gasteiger partial charge in [-0.15, -0.1) is 0 Å². The summed E-state index contributed by atoms with van der Waals surface area (Å²) >= 11 is 0. The number of carbonyl (C=O) groups is 1. The molecule has 0 aliphatic heterocycles. The van der Waals surface area contributed by atoms with Gasteiger partial charge in [-0.2, -0.15) is 0 Å². The van der Waals surface area contributed by atoms with Crippen LogP contribution in [0.4, 0.5) is 8.78 Å². The van der Waals surface area contributed by atoms with Crippen molar-refractivity contribution in [2.45, 2.75) is 39.2 Å². The predicted molar refractivity (Wildman–Crippen MR) is 73.2 cm³/mol. The first kappa shape index (κ1) is 16.6. The highest BCUT2D eigenvalue weighted by Gasteiger charge is 2.19. The second kappa shape index (κ2) is 7.33. The van der Waals surface area contributed by atoms with Gasteiger partial charge in [0.2, 0.25) is 5.91 Å². The van der Waals surface area contributed by atoms with Gasteiger partial charge in [0.25, 0.3) is 0 Å². The lowest BCUT2D eigenvalue weighted by Crippen LogP contribution is -2.41. The van der Waals surface area contributed by atoms with Gasteiger partial charge >= 0.3 is 0 Å². The van der Waals surface area contributed by atoms with Crippen molar-refractivity contribution in [1.82, 2.24) is 5.32 Å². The third-order valence-electron chi connectivity index (χ3n) is 3.33. The fraction of sp³-hybridized carbons (Fsp3) is 0.533. The normalized spacial score (nSPS) is 14.2. The van der Waals surface area contributed by atoms with E-state index in [0.29, 0.717) is 5.56 Å². The summed E-state index contributed by atoms with van der Waals surface area (Å²) in [7, 11) is 0. The minimum absolute atomic E-state index is 0.0891. The van der Waals surface area contributed by atoms with Gasteiger partial charge in [-0.3, -0.25) is 4.79 Å². The summed E-state index contributed by atoms with van der Waals surface area (Å²) in [6.07, 6.45) is 0.0891. The molecule has 0 aliphatic carbocycles. The summed E-state index contributed by atoms with van der Waals surface area (Å²) in [5.74, 6) is -1.78. The number of hydrogen-bond donors (Lipinski definition) is 2. The number of aliphatic hydroxyl groups is 1. The van der Waals surface area contributed by atoms with Crippen LogP contribution < -0.4 is 5.32 Å². The van der Waals surface area contributed by atoms with E-state index >= 15 is 0 Å². The van der Waals surface area contributed by atoms with Crippen molar-refractivity contribution in [2.75, 3.05) is 6.61 Å². The Morgan fingerprint density at radius 1 is 1.30 bits per heavy atom. The van der Waals surface area contributed by atoms with E-state index < -0.39 is 11.6 Å². The summed E-state index contributed by atoms with van der Waals surface area (Å²) in [6, 6.07) is 3.04. The SMILES string of the molecule is CC(C)[C@@H](CO)NC(=O)C[C@H](C)c1ccc(F)cc1F. The molecule has 1 aromatic carbocycles. The Hall–Kier alpha value is -1.49. The number of hydrogen-bond acceptors (Lipinski definition) is 2. The van der Waals surface area contributed by atoms with Gasteiger partial charge in [0, 0.05) is 12.5 Å². The van der Waals surface area contributed by atoms with Crippen molar-refractivity contribution in [3.8, 4) is 0 Å². The Morgan fingerprint density at radius 3 is 2.45 bits per heavy atom. The summed E-state index contributed by atoms with van der Waals surface area (Å²) < 4.78 is 26.4. The molecule has 0 aliphatic rings. The maximum absolute atomic E-state index is 13.6. The molecule has 2 N–H and O–H groups in total. The van der Waals surface area contributed by atoms with Crippen LogP contribution in [0.5, 0.6) is 0 Å². The summed E-state index contributed by atoms with van der Waals surface area (Å²) in [6.45, 7) is 5.36. The molecule has 3 nitrogen and oxygen atoms in total. The van der Waals surface area contributed by atoms with Gasteiger partial charge in [0.1, 0.15) is 11.6 Å².